The molecule has 0 saturated carbocycles. The first-order chi connectivity index (χ1) is 9.96. The second-order valence-corrected chi connectivity index (χ2v) is 4.88. The summed E-state index contributed by atoms with van der Waals surface area (Å²) in [6, 6.07) is 4.92. The molecule has 0 aliphatic rings. The molecule has 1 aromatic carbocycles. The van der Waals surface area contributed by atoms with Crippen LogP contribution in [0.3, 0.4) is 0 Å². The molecule has 116 valence electrons. The minimum atomic E-state index is -0.259. The van der Waals surface area contributed by atoms with Gasteiger partial charge in [-0.05, 0) is 25.5 Å². The fourth-order valence-electron chi connectivity index (χ4n) is 1.96. The Morgan fingerprint density at radius 1 is 1.29 bits per heavy atom. The van der Waals surface area contributed by atoms with Crippen molar-refractivity contribution in [2.24, 2.45) is 0 Å². The summed E-state index contributed by atoms with van der Waals surface area (Å²) in [5.74, 6) is 0.310. The molecule has 0 saturated heterocycles. The van der Waals surface area contributed by atoms with E-state index >= 15 is 0 Å². The largest absolute Gasteiger partial charge is 0.494 e. The molecule has 0 aliphatic carbocycles. The molecular formula is C15H23N3O3. The van der Waals surface area contributed by atoms with Gasteiger partial charge in [-0.2, -0.15) is 0 Å². The van der Waals surface area contributed by atoms with E-state index in [1.165, 1.54) is 14.0 Å². The Morgan fingerprint density at radius 3 is 2.57 bits per heavy atom. The number of hydrogen-bond donors (Lipinski definition) is 3. The van der Waals surface area contributed by atoms with Gasteiger partial charge in [0.1, 0.15) is 5.75 Å². The highest BCUT2D eigenvalue weighted by Gasteiger charge is 2.09. The third kappa shape index (κ3) is 5.72. The average molecular weight is 293 g/mol. The van der Waals surface area contributed by atoms with Gasteiger partial charge in [0.15, 0.2) is 0 Å². The summed E-state index contributed by atoms with van der Waals surface area (Å²) in [5.41, 5.74) is 1.16. The van der Waals surface area contributed by atoms with Gasteiger partial charge in [-0.3, -0.25) is 4.79 Å². The summed E-state index contributed by atoms with van der Waals surface area (Å²) in [4.78, 5) is 22.9. The molecule has 6 heteroatoms. The molecule has 0 fully saturated rings. The highest BCUT2D eigenvalue weighted by molar-refractivity contribution is 5.93. The number of amides is 3. The number of hydrogen-bond acceptors (Lipinski definition) is 3. The van der Waals surface area contributed by atoms with Crippen molar-refractivity contribution in [1.82, 2.24) is 5.32 Å². The van der Waals surface area contributed by atoms with E-state index in [0.717, 1.165) is 12.8 Å². The summed E-state index contributed by atoms with van der Waals surface area (Å²) in [7, 11) is 1.51. The van der Waals surface area contributed by atoms with E-state index in [2.05, 4.69) is 22.9 Å². The maximum Gasteiger partial charge on any atom is 0.319 e. The van der Waals surface area contributed by atoms with Crippen LogP contribution in [0.2, 0.25) is 0 Å². The van der Waals surface area contributed by atoms with Crippen molar-refractivity contribution >= 4 is 23.3 Å². The van der Waals surface area contributed by atoms with Crippen LogP contribution in [-0.2, 0) is 4.79 Å². The summed E-state index contributed by atoms with van der Waals surface area (Å²) in [5, 5.41) is 8.26. The van der Waals surface area contributed by atoms with Crippen LogP contribution in [0.25, 0.3) is 0 Å². The topological polar surface area (TPSA) is 79.5 Å². The van der Waals surface area contributed by atoms with Crippen LogP contribution in [0.15, 0.2) is 18.2 Å². The number of anilines is 2. The normalized spacial score (nSPS) is 11.4. The van der Waals surface area contributed by atoms with Crippen LogP contribution in [0, 0.1) is 0 Å². The molecule has 3 N–H and O–H groups in total. The van der Waals surface area contributed by atoms with E-state index in [9.17, 15) is 9.59 Å². The highest BCUT2D eigenvalue weighted by Crippen LogP contribution is 2.27. The number of nitrogens with one attached hydrogen (secondary N) is 3. The molecule has 0 unspecified atom stereocenters. The molecule has 1 rings (SSSR count). The smallest absolute Gasteiger partial charge is 0.319 e. The fourth-order valence-corrected chi connectivity index (χ4v) is 1.96. The maximum atomic E-state index is 11.8. The van der Waals surface area contributed by atoms with Crippen LogP contribution in [0.1, 0.15) is 33.6 Å². The Hall–Kier alpha value is -2.24. The van der Waals surface area contributed by atoms with Gasteiger partial charge in [-0.15, -0.1) is 0 Å². The Bertz CT molecular complexity index is 503. The molecule has 0 aromatic heterocycles. The second-order valence-electron chi connectivity index (χ2n) is 4.88. The van der Waals surface area contributed by atoms with Crippen molar-refractivity contribution < 1.29 is 14.3 Å². The number of carbonyl (C=O) groups is 2. The number of benzene rings is 1. The molecule has 6 nitrogen and oxygen atoms in total. The Kier molecular flexibility index (Phi) is 6.52. The van der Waals surface area contributed by atoms with Crippen LogP contribution in [0.4, 0.5) is 16.2 Å². The van der Waals surface area contributed by atoms with Crippen LogP contribution in [-0.4, -0.2) is 25.1 Å². The summed E-state index contributed by atoms with van der Waals surface area (Å²) < 4.78 is 5.20. The number of ether oxygens (including phenoxy) is 1. The number of urea groups is 1. The lowest BCUT2D eigenvalue weighted by molar-refractivity contribution is -0.114. The molecular weight excluding hydrogens is 270 g/mol. The minimum absolute atomic E-state index is 0.121. The second kappa shape index (κ2) is 8.14. The quantitative estimate of drug-likeness (QED) is 0.754. The van der Waals surface area contributed by atoms with Crippen LogP contribution >= 0.6 is 0 Å². The minimum Gasteiger partial charge on any atom is -0.494 e. The van der Waals surface area contributed by atoms with Gasteiger partial charge in [0.05, 0.1) is 12.8 Å². The zero-order chi connectivity index (χ0) is 15.8. The third-order valence-corrected chi connectivity index (χ3v) is 2.87. The first-order valence-corrected chi connectivity index (χ1v) is 6.99. The Balaban J connectivity index is 2.71. The molecule has 0 spiro atoms. The summed E-state index contributed by atoms with van der Waals surface area (Å²) >= 11 is 0. The molecule has 0 aliphatic heterocycles. The van der Waals surface area contributed by atoms with Crippen molar-refractivity contribution in [3.8, 4) is 5.75 Å². The lowest BCUT2D eigenvalue weighted by atomic mass is 10.2. The molecule has 0 radical (unpaired) electrons. The van der Waals surface area contributed by atoms with E-state index < -0.39 is 0 Å². The van der Waals surface area contributed by atoms with Crippen molar-refractivity contribution in [3.63, 3.8) is 0 Å². The van der Waals surface area contributed by atoms with Crippen LogP contribution < -0.4 is 20.7 Å². The van der Waals surface area contributed by atoms with Crippen molar-refractivity contribution in [1.29, 1.82) is 0 Å². The molecule has 1 aromatic rings. The number of methoxy groups -OCH3 is 1. The number of rotatable bonds is 6. The monoisotopic (exact) mass is 293 g/mol. The molecule has 0 heterocycles. The van der Waals surface area contributed by atoms with E-state index in [1.54, 1.807) is 18.2 Å². The zero-order valence-electron chi connectivity index (χ0n) is 12.9. The van der Waals surface area contributed by atoms with Crippen LogP contribution in [0.5, 0.6) is 5.75 Å². The molecule has 3 amide bonds. The Labute approximate surface area is 125 Å². The average Bonchev–Trinajstić information content (AvgIpc) is 2.39. The van der Waals surface area contributed by atoms with Gasteiger partial charge < -0.3 is 20.7 Å². The van der Waals surface area contributed by atoms with Gasteiger partial charge in [0.25, 0.3) is 0 Å². The SMILES string of the molecule is CCC[C@H](C)NC(=O)Nc1ccc(NC(C)=O)c(OC)c1. The van der Waals surface area contributed by atoms with E-state index in [-0.39, 0.29) is 18.0 Å². The standard InChI is InChI=1S/C15H23N3O3/c1-5-6-10(2)16-15(20)18-12-7-8-13(17-11(3)19)14(9-12)21-4/h7-10H,5-6H2,1-4H3,(H,17,19)(H2,16,18,20)/t10-/m0/s1. The predicted molar refractivity (Wildman–Crippen MR) is 83.8 cm³/mol. The number of carbonyl (C=O) groups excluding carboxylic acids is 2. The maximum absolute atomic E-state index is 11.8. The lowest BCUT2D eigenvalue weighted by Crippen LogP contribution is -2.35. The summed E-state index contributed by atoms with van der Waals surface area (Å²) in [6.45, 7) is 5.46. The summed E-state index contributed by atoms with van der Waals surface area (Å²) in [6.07, 6.45) is 1.94. The van der Waals surface area contributed by atoms with Gasteiger partial charge in [-0.1, -0.05) is 13.3 Å². The zero-order valence-corrected chi connectivity index (χ0v) is 12.9. The highest BCUT2D eigenvalue weighted by atomic mass is 16.5. The van der Waals surface area contributed by atoms with Gasteiger partial charge in [-0.25, -0.2) is 4.79 Å². The first-order valence-electron chi connectivity index (χ1n) is 6.99. The van der Waals surface area contributed by atoms with E-state index in [4.69, 9.17) is 4.74 Å². The first kappa shape index (κ1) is 16.8. The molecule has 0 bridgehead atoms. The van der Waals surface area contributed by atoms with Crippen molar-refractivity contribution in [2.75, 3.05) is 17.7 Å². The predicted octanol–water partition coefficient (Wildman–Crippen LogP) is 2.96. The van der Waals surface area contributed by atoms with E-state index in [1.807, 2.05) is 6.92 Å². The van der Waals surface area contributed by atoms with Crippen molar-refractivity contribution in [3.05, 3.63) is 18.2 Å². The van der Waals surface area contributed by atoms with Gasteiger partial charge in [0, 0.05) is 24.7 Å². The molecule has 21 heavy (non-hydrogen) atoms. The van der Waals surface area contributed by atoms with Gasteiger partial charge in [0.2, 0.25) is 5.91 Å². The fraction of sp³-hybridized carbons (Fsp3) is 0.467. The lowest BCUT2D eigenvalue weighted by Gasteiger charge is -2.15. The molecule has 1 atom stereocenters. The van der Waals surface area contributed by atoms with E-state index in [0.29, 0.717) is 17.1 Å². The Morgan fingerprint density at radius 2 is 2.00 bits per heavy atom. The van der Waals surface area contributed by atoms with Crippen molar-refractivity contribution in [2.45, 2.75) is 39.7 Å². The van der Waals surface area contributed by atoms with Gasteiger partial charge >= 0.3 is 6.03 Å². The third-order valence-electron chi connectivity index (χ3n) is 2.87.